The summed E-state index contributed by atoms with van der Waals surface area (Å²) in [5.41, 5.74) is 1.26. The minimum atomic E-state index is -0.0991. The minimum absolute atomic E-state index is 0.0958. The summed E-state index contributed by atoms with van der Waals surface area (Å²) in [5.74, 6) is 0.835. The first-order chi connectivity index (χ1) is 10.2. The SMILES string of the molecule is N#Cc1oc2ccccc2c1Oc1ccc(CO)cc1Cl. The predicted molar refractivity (Wildman–Crippen MR) is 78.4 cm³/mol. The van der Waals surface area contributed by atoms with E-state index in [2.05, 4.69) is 0 Å². The molecule has 0 saturated carbocycles. The van der Waals surface area contributed by atoms with Gasteiger partial charge in [-0.05, 0) is 29.8 Å². The van der Waals surface area contributed by atoms with Gasteiger partial charge in [-0.2, -0.15) is 5.26 Å². The number of fused-ring (bicyclic) bond motifs is 1. The normalized spacial score (nSPS) is 10.5. The molecule has 3 aromatic rings. The molecule has 5 heteroatoms. The van der Waals surface area contributed by atoms with E-state index in [0.717, 1.165) is 0 Å². The average Bonchev–Trinajstić information content (AvgIpc) is 2.87. The van der Waals surface area contributed by atoms with Crippen LogP contribution in [0.4, 0.5) is 0 Å². The lowest BCUT2D eigenvalue weighted by Gasteiger charge is -2.07. The molecule has 1 N–H and O–H groups in total. The molecule has 0 aliphatic carbocycles. The summed E-state index contributed by atoms with van der Waals surface area (Å²) in [7, 11) is 0. The molecule has 0 bridgehead atoms. The van der Waals surface area contributed by atoms with E-state index in [4.69, 9.17) is 31.1 Å². The van der Waals surface area contributed by atoms with Crippen molar-refractivity contribution in [3.8, 4) is 17.6 Å². The summed E-state index contributed by atoms with van der Waals surface area (Å²) in [5, 5.41) is 19.3. The van der Waals surface area contributed by atoms with Crippen molar-refractivity contribution in [3.63, 3.8) is 0 Å². The Bertz CT molecular complexity index is 848. The number of rotatable bonds is 3. The van der Waals surface area contributed by atoms with Gasteiger partial charge in [0.05, 0.1) is 17.0 Å². The molecule has 4 nitrogen and oxygen atoms in total. The van der Waals surface area contributed by atoms with Crippen molar-refractivity contribution in [2.75, 3.05) is 0 Å². The molecule has 0 amide bonds. The second-order valence-corrected chi connectivity index (χ2v) is 4.80. The number of hydrogen-bond acceptors (Lipinski definition) is 4. The fourth-order valence-corrected chi connectivity index (χ4v) is 2.27. The third-order valence-electron chi connectivity index (χ3n) is 3.04. The number of nitriles is 1. The Kier molecular flexibility index (Phi) is 3.53. The van der Waals surface area contributed by atoms with Gasteiger partial charge >= 0.3 is 0 Å². The standard InChI is InChI=1S/C16H10ClNO3/c17-12-7-10(9-19)5-6-14(12)21-16-11-3-1-2-4-13(11)20-15(16)8-18/h1-7,19H,9H2. The van der Waals surface area contributed by atoms with Crippen molar-refractivity contribution in [1.29, 1.82) is 5.26 Å². The highest BCUT2D eigenvalue weighted by Crippen LogP contribution is 2.38. The fourth-order valence-electron chi connectivity index (χ4n) is 2.03. The molecular weight excluding hydrogens is 290 g/mol. The molecule has 1 aromatic heterocycles. The highest BCUT2D eigenvalue weighted by Gasteiger charge is 2.17. The van der Waals surface area contributed by atoms with Gasteiger partial charge in [-0.15, -0.1) is 0 Å². The average molecular weight is 300 g/mol. The summed E-state index contributed by atoms with van der Waals surface area (Å²) >= 11 is 6.12. The number of furan rings is 1. The highest BCUT2D eigenvalue weighted by molar-refractivity contribution is 6.32. The van der Waals surface area contributed by atoms with Gasteiger partial charge in [-0.1, -0.05) is 29.8 Å². The topological polar surface area (TPSA) is 66.4 Å². The Labute approximate surface area is 125 Å². The van der Waals surface area contributed by atoms with Crippen LogP contribution in [0.1, 0.15) is 11.3 Å². The smallest absolute Gasteiger partial charge is 0.247 e. The van der Waals surface area contributed by atoms with Crippen molar-refractivity contribution in [2.45, 2.75) is 6.61 Å². The Balaban J connectivity index is 2.08. The largest absolute Gasteiger partial charge is 0.450 e. The van der Waals surface area contributed by atoms with Crippen LogP contribution < -0.4 is 4.74 Å². The molecule has 21 heavy (non-hydrogen) atoms. The molecule has 0 spiro atoms. The number of hydrogen-bond donors (Lipinski definition) is 1. The van der Waals surface area contributed by atoms with Crippen LogP contribution in [0.3, 0.4) is 0 Å². The molecule has 0 saturated heterocycles. The van der Waals surface area contributed by atoms with Gasteiger partial charge < -0.3 is 14.3 Å². The minimum Gasteiger partial charge on any atom is -0.450 e. The molecular formula is C16H10ClNO3. The second kappa shape index (κ2) is 5.49. The molecule has 104 valence electrons. The van der Waals surface area contributed by atoms with Crippen LogP contribution in [0, 0.1) is 11.3 Å². The van der Waals surface area contributed by atoms with Crippen LogP contribution in [0.5, 0.6) is 11.5 Å². The number of aliphatic hydroxyl groups is 1. The van der Waals surface area contributed by atoms with Gasteiger partial charge in [0.25, 0.3) is 0 Å². The van der Waals surface area contributed by atoms with Gasteiger partial charge in [0.1, 0.15) is 17.4 Å². The molecule has 2 aromatic carbocycles. The number of para-hydroxylation sites is 1. The third kappa shape index (κ3) is 2.45. The van der Waals surface area contributed by atoms with Crippen molar-refractivity contribution < 1.29 is 14.3 Å². The first-order valence-electron chi connectivity index (χ1n) is 6.21. The number of benzene rings is 2. The van der Waals surface area contributed by atoms with Crippen LogP contribution in [-0.4, -0.2) is 5.11 Å². The summed E-state index contributed by atoms with van der Waals surface area (Å²) < 4.78 is 11.2. The number of aliphatic hydroxyl groups excluding tert-OH is 1. The monoisotopic (exact) mass is 299 g/mol. The maximum Gasteiger partial charge on any atom is 0.247 e. The first-order valence-corrected chi connectivity index (χ1v) is 6.59. The van der Waals surface area contributed by atoms with Gasteiger partial charge in [0, 0.05) is 0 Å². The van der Waals surface area contributed by atoms with Crippen molar-refractivity contribution >= 4 is 22.6 Å². The van der Waals surface area contributed by atoms with Crippen molar-refractivity contribution in [2.24, 2.45) is 0 Å². The lowest BCUT2D eigenvalue weighted by Crippen LogP contribution is -1.89. The maximum atomic E-state index is 9.16. The van der Waals surface area contributed by atoms with E-state index in [1.165, 1.54) is 0 Å². The zero-order chi connectivity index (χ0) is 14.8. The molecule has 0 aliphatic heterocycles. The Morgan fingerprint density at radius 3 is 2.76 bits per heavy atom. The van der Waals surface area contributed by atoms with E-state index in [-0.39, 0.29) is 12.4 Å². The van der Waals surface area contributed by atoms with E-state index in [9.17, 15) is 0 Å². The van der Waals surface area contributed by atoms with Crippen molar-refractivity contribution in [3.05, 3.63) is 58.8 Å². The maximum absolute atomic E-state index is 9.16. The summed E-state index contributed by atoms with van der Waals surface area (Å²) in [6.45, 7) is -0.0991. The van der Waals surface area contributed by atoms with Gasteiger partial charge in [0.15, 0.2) is 5.75 Å². The van der Waals surface area contributed by atoms with E-state index in [1.54, 1.807) is 24.3 Å². The number of ether oxygens (including phenoxy) is 1. The molecule has 0 radical (unpaired) electrons. The second-order valence-electron chi connectivity index (χ2n) is 4.39. The first kappa shape index (κ1) is 13.5. The molecule has 0 aliphatic rings. The van der Waals surface area contributed by atoms with Gasteiger partial charge in [-0.25, -0.2) is 0 Å². The van der Waals surface area contributed by atoms with Crippen LogP contribution in [-0.2, 0) is 6.61 Å². The lowest BCUT2D eigenvalue weighted by molar-refractivity contribution is 0.281. The molecule has 0 atom stereocenters. The fraction of sp³-hybridized carbons (Fsp3) is 0.0625. The van der Waals surface area contributed by atoms with Crippen LogP contribution in [0.25, 0.3) is 11.0 Å². The Morgan fingerprint density at radius 1 is 1.24 bits per heavy atom. The van der Waals surface area contributed by atoms with Gasteiger partial charge in [-0.3, -0.25) is 0 Å². The highest BCUT2D eigenvalue weighted by atomic mass is 35.5. The zero-order valence-electron chi connectivity index (χ0n) is 10.8. The van der Waals surface area contributed by atoms with Crippen molar-refractivity contribution in [1.82, 2.24) is 0 Å². The lowest BCUT2D eigenvalue weighted by atomic mass is 10.2. The summed E-state index contributed by atoms with van der Waals surface area (Å²) in [6, 6.07) is 14.2. The summed E-state index contributed by atoms with van der Waals surface area (Å²) in [4.78, 5) is 0. The third-order valence-corrected chi connectivity index (χ3v) is 3.34. The zero-order valence-corrected chi connectivity index (χ0v) is 11.6. The molecule has 3 rings (SSSR count). The van der Waals surface area contributed by atoms with E-state index in [0.29, 0.717) is 33.1 Å². The quantitative estimate of drug-likeness (QED) is 0.785. The Hall–Kier alpha value is -2.48. The van der Waals surface area contributed by atoms with E-state index < -0.39 is 0 Å². The van der Waals surface area contributed by atoms with E-state index in [1.807, 2.05) is 24.3 Å². The van der Waals surface area contributed by atoms with Crippen LogP contribution >= 0.6 is 11.6 Å². The molecule has 1 heterocycles. The van der Waals surface area contributed by atoms with E-state index >= 15 is 0 Å². The molecule has 0 unspecified atom stereocenters. The number of nitrogens with zero attached hydrogens (tertiary/aromatic N) is 1. The van der Waals surface area contributed by atoms with Crippen LogP contribution in [0.2, 0.25) is 5.02 Å². The Morgan fingerprint density at radius 2 is 2.05 bits per heavy atom. The number of halogens is 1. The van der Waals surface area contributed by atoms with Gasteiger partial charge in [0.2, 0.25) is 5.76 Å². The predicted octanol–water partition coefficient (Wildman–Crippen LogP) is 4.24. The van der Waals surface area contributed by atoms with Crippen LogP contribution in [0.15, 0.2) is 46.9 Å². The summed E-state index contributed by atoms with van der Waals surface area (Å²) in [6.07, 6.45) is 0. The molecule has 0 fully saturated rings.